The Morgan fingerprint density at radius 1 is 1.43 bits per heavy atom. The van der Waals surface area contributed by atoms with Crippen molar-refractivity contribution in [3.63, 3.8) is 0 Å². The molecule has 7 nitrogen and oxygen atoms in total. The van der Waals surface area contributed by atoms with Crippen molar-refractivity contribution >= 4 is 22.6 Å². The first kappa shape index (κ1) is 13.2. The fraction of sp³-hybridized carbons (Fsp3) is 0.214. The van der Waals surface area contributed by atoms with Crippen molar-refractivity contribution in [1.82, 2.24) is 20.1 Å². The zero-order valence-corrected chi connectivity index (χ0v) is 11.5. The topological polar surface area (TPSA) is 99.0 Å². The van der Waals surface area contributed by atoms with Crippen molar-refractivity contribution in [3.05, 3.63) is 42.2 Å². The number of furan rings is 1. The summed E-state index contributed by atoms with van der Waals surface area (Å²) >= 11 is 0. The summed E-state index contributed by atoms with van der Waals surface area (Å²) in [6.07, 6.45) is 1.63. The first-order valence-electron chi connectivity index (χ1n) is 6.61. The number of fused-ring (bicyclic) bond motifs is 1. The number of amides is 1. The molecule has 0 saturated heterocycles. The van der Waals surface area contributed by atoms with Crippen molar-refractivity contribution in [2.24, 2.45) is 0 Å². The number of aromatic nitrogens is 3. The summed E-state index contributed by atoms with van der Waals surface area (Å²) in [6.45, 7) is 3.03. The zero-order chi connectivity index (χ0) is 14.8. The van der Waals surface area contributed by atoms with Gasteiger partial charge in [-0.1, -0.05) is 0 Å². The highest BCUT2D eigenvalue weighted by Gasteiger charge is 2.13. The quantitative estimate of drug-likeness (QED) is 0.709. The lowest BCUT2D eigenvalue weighted by atomic mass is 10.2. The average molecular weight is 285 g/mol. The largest absolute Gasteiger partial charge is 0.451 e. The third-order valence-electron chi connectivity index (χ3n) is 3.21. The third-order valence-corrected chi connectivity index (χ3v) is 3.21. The molecule has 3 aromatic rings. The second kappa shape index (κ2) is 5.28. The molecule has 0 saturated carbocycles. The molecule has 1 amide bonds. The number of anilines is 1. The van der Waals surface area contributed by atoms with Crippen molar-refractivity contribution in [1.29, 1.82) is 0 Å². The van der Waals surface area contributed by atoms with Crippen LogP contribution in [0.4, 0.5) is 5.69 Å². The van der Waals surface area contributed by atoms with Crippen LogP contribution in [0.25, 0.3) is 11.0 Å². The Balaban J connectivity index is 1.75. The third kappa shape index (κ3) is 2.58. The number of benzene rings is 1. The lowest BCUT2D eigenvalue weighted by molar-refractivity contribution is 0.0924. The molecule has 0 aliphatic heterocycles. The number of nitrogens with one attached hydrogen (secondary N) is 1. The summed E-state index contributed by atoms with van der Waals surface area (Å²) in [5, 5.41) is 11.3. The summed E-state index contributed by atoms with van der Waals surface area (Å²) < 4.78 is 7.36. The van der Waals surface area contributed by atoms with Gasteiger partial charge in [0, 0.05) is 17.6 Å². The maximum absolute atomic E-state index is 12.1. The number of carbonyl (C=O) groups excluding carboxylic acids is 1. The van der Waals surface area contributed by atoms with Gasteiger partial charge in [0.2, 0.25) is 0 Å². The van der Waals surface area contributed by atoms with Crippen LogP contribution in [0.3, 0.4) is 0 Å². The second-order valence-electron chi connectivity index (χ2n) is 4.62. The Kier molecular flexibility index (Phi) is 3.31. The van der Waals surface area contributed by atoms with E-state index < -0.39 is 0 Å². The van der Waals surface area contributed by atoms with Crippen LogP contribution in [0.15, 0.2) is 35.0 Å². The van der Waals surface area contributed by atoms with Gasteiger partial charge in [-0.3, -0.25) is 4.79 Å². The van der Waals surface area contributed by atoms with Gasteiger partial charge in [-0.2, -0.15) is 0 Å². The van der Waals surface area contributed by atoms with Crippen LogP contribution in [0.5, 0.6) is 0 Å². The molecular formula is C14H15N5O2. The van der Waals surface area contributed by atoms with Crippen LogP contribution in [-0.4, -0.2) is 20.7 Å². The summed E-state index contributed by atoms with van der Waals surface area (Å²) in [4.78, 5) is 12.1. The minimum absolute atomic E-state index is 0.248. The van der Waals surface area contributed by atoms with Crippen LogP contribution in [0, 0.1) is 0 Å². The highest BCUT2D eigenvalue weighted by molar-refractivity contribution is 5.96. The summed E-state index contributed by atoms with van der Waals surface area (Å²) in [6, 6.07) is 6.92. The summed E-state index contributed by atoms with van der Waals surface area (Å²) in [5.41, 5.74) is 6.97. The Hall–Kier alpha value is -2.83. The second-order valence-corrected chi connectivity index (χ2v) is 4.62. The molecule has 0 aliphatic rings. The van der Waals surface area contributed by atoms with Gasteiger partial charge >= 0.3 is 0 Å². The van der Waals surface area contributed by atoms with Crippen molar-refractivity contribution < 1.29 is 9.21 Å². The molecule has 1 aromatic carbocycles. The molecule has 3 rings (SSSR count). The van der Waals surface area contributed by atoms with Gasteiger partial charge in [-0.15, -0.1) is 10.2 Å². The lowest BCUT2D eigenvalue weighted by Gasteiger charge is -2.04. The first-order chi connectivity index (χ1) is 10.2. The molecule has 0 spiro atoms. The van der Waals surface area contributed by atoms with E-state index in [0.29, 0.717) is 23.6 Å². The van der Waals surface area contributed by atoms with Crippen LogP contribution in [0.1, 0.15) is 23.3 Å². The molecule has 0 unspecified atom stereocenters. The SMILES string of the molecule is CCn1cnnc1CNC(=O)c1cc2cc(N)ccc2o1. The van der Waals surface area contributed by atoms with E-state index in [1.54, 1.807) is 30.6 Å². The number of aryl methyl sites for hydroxylation is 1. The van der Waals surface area contributed by atoms with E-state index in [0.717, 1.165) is 11.9 Å². The molecule has 0 radical (unpaired) electrons. The van der Waals surface area contributed by atoms with E-state index in [1.165, 1.54) is 0 Å². The van der Waals surface area contributed by atoms with E-state index in [-0.39, 0.29) is 11.7 Å². The van der Waals surface area contributed by atoms with Crippen molar-refractivity contribution in [2.75, 3.05) is 5.73 Å². The standard InChI is InChI=1S/C14H15N5O2/c1-2-19-8-17-18-13(19)7-16-14(20)12-6-9-5-10(15)3-4-11(9)21-12/h3-6,8H,2,7,15H2,1H3,(H,16,20). The zero-order valence-electron chi connectivity index (χ0n) is 11.5. The Morgan fingerprint density at radius 3 is 3.10 bits per heavy atom. The molecule has 108 valence electrons. The maximum atomic E-state index is 12.1. The number of rotatable bonds is 4. The fourth-order valence-corrected chi connectivity index (χ4v) is 2.10. The average Bonchev–Trinajstić information content (AvgIpc) is 3.10. The van der Waals surface area contributed by atoms with Crippen molar-refractivity contribution in [3.8, 4) is 0 Å². The minimum Gasteiger partial charge on any atom is -0.451 e. The maximum Gasteiger partial charge on any atom is 0.287 e. The molecule has 3 N–H and O–H groups in total. The number of nitrogen functional groups attached to an aromatic ring is 1. The predicted molar refractivity (Wildman–Crippen MR) is 77.5 cm³/mol. The smallest absolute Gasteiger partial charge is 0.287 e. The van der Waals surface area contributed by atoms with E-state index in [9.17, 15) is 4.79 Å². The van der Waals surface area contributed by atoms with Gasteiger partial charge in [0.1, 0.15) is 11.9 Å². The summed E-state index contributed by atoms with van der Waals surface area (Å²) in [5.74, 6) is 0.653. The monoisotopic (exact) mass is 285 g/mol. The number of carbonyl (C=O) groups is 1. The number of nitrogens with two attached hydrogens (primary N) is 1. The van der Waals surface area contributed by atoms with E-state index >= 15 is 0 Å². The number of hydrogen-bond acceptors (Lipinski definition) is 5. The number of hydrogen-bond donors (Lipinski definition) is 2. The normalized spacial score (nSPS) is 10.9. The molecule has 2 heterocycles. The van der Waals surface area contributed by atoms with Gasteiger partial charge in [-0.05, 0) is 31.2 Å². The van der Waals surface area contributed by atoms with E-state index in [1.807, 2.05) is 11.5 Å². The Bertz CT molecular complexity index is 790. The lowest BCUT2D eigenvalue weighted by Crippen LogP contribution is -2.24. The molecule has 2 aromatic heterocycles. The molecule has 0 aliphatic carbocycles. The molecule has 7 heteroatoms. The van der Waals surface area contributed by atoms with Crippen LogP contribution in [0.2, 0.25) is 0 Å². The molecule has 21 heavy (non-hydrogen) atoms. The minimum atomic E-state index is -0.296. The van der Waals surface area contributed by atoms with Gasteiger partial charge in [0.25, 0.3) is 5.91 Å². The van der Waals surface area contributed by atoms with Gasteiger partial charge < -0.3 is 20.0 Å². The molecule has 0 fully saturated rings. The summed E-state index contributed by atoms with van der Waals surface area (Å²) in [7, 11) is 0. The Morgan fingerprint density at radius 2 is 2.29 bits per heavy atom. The Labute approximate surface area is 120 Å². The molecule has 0 bridgehead atoms. The van der Waals surface area contributed by atoms with Crippen LogP contribution in [-0.2, 0) is 13.1 Å². The molecular weight excluding hydrogens is 270 g/mol. The van der Waals surface area contributed by atoms with Crippen molar-refractivity contribution in [2.45, 2.75) is 20.0 Å². The van der Waals surface area contributed by atoms with Crippen LogP contribution >= 0.6 is 0 Å². The highest BCUT2D eigenvalue weighted by Crippen LogP contribution is 2.21. The van der Waals surface area contributed by atoms with E-state index in [4.69, 9.17) is 10.2 Å². The van der Waals surface area contributed by atoms with Gasteiger partial charge in [0.05, 0.1) is 6.54 Å². The predicted octanol–water partition coefficient (Wildman–Crippen LogP) is 1.56. The first-order valence-corrected chi connectivity index (χ1v) is 6.61. The fourth-order valence-electron chi connectivity index (χ4n) is 2.10. The van der Waals surface area contributed by atoms with Crippen LogP contribution < -0.4 is 11.1 Å². The van der Waals surface area contributed by atoms with Gasteiger partial charge in [-0.25, -0.2) is 0 Å². The highest BCUT2D eigenvalue weighted by atomic mass is 16.3. The van der Waals surface area contributed by atoms with Gasteiger partial charge in [0.15, 0.2) is 11.6 Å². The van der Waals surface area contributed by atoms with E-state index in [2.05, 4.69) is 15.5 Å². The number of nitrogens with zero attached hydrogens (tertiary/aromatic N) is 3. The molecule has 0 atom stereocenters.